The van der Waals surface area contributed by atoms with Crippen molar-refractivity contribution in [1.82, 2.24) is 0 Å². The Labute approximate surface area is 95.5 Å². The number of ether oxygens (including phenoxy) is 1. The SMILES string of the molecule is CCCOc1ccc(C(C)S(=O)(=O)F)cc1. The van der Waals surface area contributed by atoms with Crippen LogP contribution in [0, 0.1) is 0 Å². The van der Waals surface area contributed by atoms with E-state index in [4.69, 9.17) is 4.74 Å². The molecule has 90 valence electrons. The molecular formula is C11H15FO3S. The normalized spacial score (nSPS) is 13.4. The van der Waals surface area contributed by atoms with Crippen LogP contribution in [0.5, 0.6) is 5.75 Å². The summed E-state index contributed by atoms with van der Waals surface area (Å²) >= 11 is 0. The van der Waals surface area contributed by atoms with E-state index in [1.807, 2.05) is 6.92 Å². The van der Waals surface area contributed by atoms with Gasteiger partial charge in [-0.15, -0.1) is 3.89 Å². The molecule has 1 atom stereocenters. The Kier molecular flexibility index (Phi) is 4.29. The van der Waals surface area contributed by atoms with Gasteiger partial charge in [-0.2, -0.15) is 8.42 Å². The van der Waals surface area contributed by atoms with Gasteiger partial charge in [0.25, 0.3) is 0 Å². The van der Waals surface area contributed by atoms with Gasteiger partial charge in [0.1, 0.15) is 11.0 Å². The van der Waals surface area contributed by atoms with Crippen LogP contribution in [-0.4, -0.2) is 15.0 Å². The van der Waals surface area contributed by atoms with Crippen molar-refractivity contribution in [3.8, 4) is 5.75 Å². The van der Waals surface area contributed by atoms with Gasteiger partial charge in [-0.25, -0.2) is 0 Å². The lowest BCUT2D eigenvalue weighted by Crippen LogP contribution is -2.03. The molecule has 0 spiro atoms. The first-order valence-electron chi connectivity index (χ1n) is 5.11. The summed E-state index contributed by atoms with van der Waals surface area (Å²) in [6, 6.07) is 6.42. The van der Waals surface area contributed by atoms with Crippen LogP contribution >= 0.6 is 0 Å². The minimum absolute atomic E-state index is 0.423. The summed E-state index contributed by atoms with van der Waals surface area (Å²) in [7, 11) is -4.53. The zero-order chi connectivity index (χ0) is 12.2. The highest BCUT2D eigenvalue weighted by molar-refractivity contribution is 7.86. The van der Waals surface area contributed by atoms with Gasteiger partial charge in [-0.05, 0) is 31.0 Å². The highest BCUT2D eigenvalue weighted by atomic mass is 32.3. The second-order valence-electron chi connectivity index (χ2n) is 3.54. The molecule has 1 aromatic carbocycles. The van der Waals surface area contributed by atoms with Gasteiger partial charge >= 0.3 is 10.2 Å². The van der Waals surface area contributed by atoms with Crippen LogP contribution in [-0.2, 0) is 10.2 Å². The van der Waals surface area contributed by atoms with Crippen LogP contribution in [0.3, 0.4) is 0 Å². The molecule has 0 saturated carbocycles. The van der Waals surface area contributed by atoms with Crippen molar-refractivity contribution in [3.63, 3.8) is 0 Å². The fraction of sp³-hybridized carbons (Fsp3) is 0.455. The summed E-state index contributed by atoms with van der Waals surface area (Å²) in [6.07, 6.45) is 0.900. The topological polar surface area (TPSA) is 43.4 Å². The second-order valence-corrected chi connectivity index (χ2v) is 5.19. The average molecular weight is 246 g/mol. The highest BCUT2D eigenvalue weighted by Crippen LogP contribution is 2.25. The number of hydrogen-bond donors (Lipinski definition) is 0. The van der Waals surface area contributed by atoms with Crippen molar-refractivity contribution in [1.29, 1.82) is 0 Å². The molecule has 0 radical (unpaired) electrons. The van der Waals surface area contributed by atoms with Crippen LogP contribution in [0.25, 0.3) is 0 Å². The Morgan fingerprint density at radius 1 is 1.31 bits per heavy atom. The number of hydrogen-bond acceptors (Lipinski definition) is 3. The van der Waals surface area contributed by atoms with Crippen molar-refractivity contribution >= 4 is 10.2 Å². The Morgan fingerprint density at radius 3 is 2.31 bits per heavy atom. The molecule has 0 N–H and O–H groups in total. The molecule has 0 heterocycles. The van der Waals surface area contributed by atoms with Gasteiger partial charge in [0.05, 0.1) is 6.61 Å². The molecule has 0 aliphatic heterocycles. The predicted molar refractivity (Wildman–Crippen MR) is 60.7 cm³/mol. The molecule has 0 saturated heterocycles. The summed E-state index contributed by atoms with van der Waals surface area (Å²) in [6.45, 7) is 3.92. The second kappa shape index (κ2) is 5.30. The van der Waals surface area contributed by atoms with E-state index in [1.165, 1.54) is 6.92 Å². The minimum Gasteiger partial charge on any atom is -0.494 e. The molecule has 0 aromatic heterocycles. The van der Waals surface area contributed by atoms with Crippen molar-refractivity contribution < 1.29 is 17.0 Å². The third kappa shape index (κ3) is 3.48. The van der Waals surface area contributed by atoms with E-state index in [2.05, 4.69) is 0 Å². The molecule has 0 fully saturated rings. The Bertz CT molecular complexity index is 425. The van der Waals surface area contributed by atoms with Gasteiger partial charge in [-0.1, -0.05) is 19.1 Å². The number of benzene rings is 1. The van der Waals surface area contributed by atoms with Crippen LogP contribution in [0.4, 0.5) is 3.89 Å². The third-order valence-corrected chi connectivity index (χ3v) is 3.36. The van der Waals surface area contributed by atoms with Gasteiger partial charge in [-0.3, -0.25) is 0 Å². The van der Waals surface area contributed by atoms with Crippen LogP contribution in [0.15, 0.2) is 24.3 Å². The zero-order valence-corrected chi connectivity index (χ0v) is 10.1. The molecule has 1 aromatic rings. The molecule has 0 amide bonds. The van der Waals surface area contributed by atoms with Crippen LogP contribution in [0.1, 0.15) is 31.1 Å². The Morgan fingerprint density at radius 2 is 1.88 bits per heavy atom. The van der Waals surface area contributed by atoms with Gasteiger partial charge in [0.2, 0.25) is 0 Å². The Hall–Kier alpha value is -1.10. The van der Waals surface area contributed by atoms with E-state index in [0.717, 1.165) is 6.42 Å². The van der Waals surface area contributed by atoms with Crippen molar-refractivity contribution in [2.45, 2.75) is 25.5 Å². The lowest BCUT2D eigenvalue weighted by atomic mass is 10.1. The first-order valence-corrected chi connectivity index (χ1v) is 6.56. The molecule has 0 aliphatic carbocycles. The van der Waals surface area contributed by atoms with Gasteiger partial charge in [0.15, 0.2) is 0 Å². The first-order chi connectivity index (χ1) is 7.45. The Balaban J connectivity index is 2.79. The van der Waals surface area contributed by atoms with E-state index in [9.17, 15) is 12.3 Å². The minimum atomic E-state index is -4.53. The lowest BCUT2D eigenvalue weighted by Gasteiger charge is -2.08. The molecule has 0 bridgehead atoms. The van der Waals surface area contributed by atoms with E-state index in [-0.39, 0.29) is 0 Å². The van der Waals surface area contributed by atoms with E-state index >= 15 is 0 Å². The summed E-state index contributed by atoms with van der Waals surface area (Å²) in [4.78, 5) is 0. The molecular weight excluding hydrogens is 231 g/mol. The highest BCUT2D eigenvalue weighted by Gasteiger charge is 2.21. The summed E-state index contributed by atoms with van der Waals surface area (Å²) in [5, 5.41) is -1.13. The molecule has 3 nitrogen and oxygen atoms in total. The standard InChI is InChI=1S/C11H15FO3S/c1-3-8-15-11-6-4-10(5-7-11)9(2)16(12,13)14/h4-7,9H,3,8H2,1-2H3. The van der Waals surface area contributed by atoms with Gasteiger partial charge < -0.3 is 4.74 Å². The van der Waals surface area contributed by atoms with E-state index in [1.54, 1.807) is 24.3 Å². The molecule has 0 aliphatic rings. The van der Waals surface area contributed by atoms with Crippen molar-refractivity contribution in [3.05, 3.63) is 29.8 Å². The number of halogens is 1. The molecule has 1 rings (SSSR count). The summed E-state index contributed by atoms with van der Waals surface area (Å²) in [5.74, 6) is 0.661. The first kappa shape index (κ1) is 13.0. The van der Waals surface area contributed by atoms with Gasteiger partial charge in [0, 0.05) is 0 Å². The molecule has 5 heteroatoms. The maximum absolute atomic E-state index is 12.7. The van der Waals surface area contributed by atoms with Crippen LogP contribution in [0.2, 0.25) is 0 Å². The largest absolute Gasteiger partial charge is 0.494 e. The number of rotatable bonds is 5. The van der Waals surface area contributed by atoms with Crippen LogP contribution < -0.4 is 4.74 Å². The van der Waals surface area contributed by atoms with Crippen molar-refractivity contribution in [2.24, 2.45) is 0 Å². The van der Waals surface area contributed by atoms with Crippen molar-refractivity contribution in [2.75, 3.05) is 6.61 Å². The zero-order valence-electron chi connectivity index (χ0n) is 9.31. The van der Waals surface area contributed by atoms with E-state index < -0.39 is 15.5 Å². The smallest absolute Gasteiger partial charge is 0.309 e. The predicted octanol–water partition coefficient (Wildman–Crippen LogP) is 2.84. The summed E-state index contributed by atoms with van der Waals surface area (Å²) < 4.78 is 39.4. The summed E-state index contributed by atoms with van der Waals surface area (Å²) in [5.41, 5.74) is 0.423. The quantitative estimate of drug-likeness (QED) is 0.750. The maximum atomic E-state index is 12.7. The fourth-order valence-electron chi connectivity index (χ4n) is 1.22. The lowest BCUT2D eigenvalue weighted by molar-refractivity contribution is 0.317. The fourth-order valence-corrected chi connectivity index (χ4v) is 1.70. The molecule has 1 unspecified atom stereocenters. The maximum Gasteiger partial charge on any atom is 0.309 e. The third-order valence-electron chi connectivity index (χ3n) is 2.24. The van der Waals surface area contributed by atoms with E-state index in [0.29, 0.717) is 17.9 Å². The average Bonchev–Trinajstić information content (AvgIpc) is 2.25. The molecule has 16 heavy (non-hydrogen) atoms. The monoisotopic (exact) mass is 246 g/mol.